The third-order valence-corrected chi connectivity index (χ3v) is 1.90. The summed E-state index contributed by atoms with van der Waals surface area (Å²) in [6.45, 7) is 3.44. The van der Waals surface area contributed by atoms with Gasteiger partial charge in [0.2, 0.25) is 5.91 Å². The molecule has 0 heterocycles. The minimum absolute atomic E-state index is 0.0160. The first kappa shape index (κ1) is 14.2. The van der Waals surface area contributed by atoms with Crippen molar-refractivity contribution in [3.05, 3.63) is 0 Å². The van der Waals surface area contributed by atoms with E-state index in [-0.39, 0.29) is 18.9 Å². The highest BCUT2D eigenvalue weighted by molar-refractivity contribution is 5.86. The number of carbonyl (C=O) groups excluding carboxylic acids is 2. The van der Waals surface area contributed by atoms with Gasteiger partial charge in [0.05, 0.1) is 0 Å². The molecule has 0 spiro atoms. The van der Waals surface area contributed by atoms with Crippen molar-refractivity contribution in [2.24, 2.45) is 11.7 Å². The molecule has 0 rings (SSSR count). The number of carbonyl (C=O) groups is 3. The van der Waals surface area contributed by atoms with Crippen LogP contribution in [0.2, 0.25) is 0 Å². The third-order valence-electron chi connectivity index (χ3n) is 1.90. The van der Waals surface area contributed by atoms with Crippen LogP contribution in [0.5, 0.6) is 0 Å². The van der Waals surface area contributed by atoms with E-state index < -0.39 is 23.9 Å². The average Bonchev–Trinajstić information content (AvgIpc) is 2.11. The number of urea groups is 1. The SMILES string of the molecule is CC(CNC(=O)C(C)NC(N)=O)CC(=O)O. The average molecular weight is 231 g/mol. The van der Waals surface area contributed by atoms with E-state index in [1.54, 1.807) is 6.92 Å². The van der Waals surface area contributed by atoms with Crippen LogP contribution in [0.25, 0.3) is 0 Å². The predicted octanol–water partition coefficient (Wildman–Crippen LogP) is -0.730. The zero-order valence-electron chi connectivity index (χ0n) is 9.32. The highest BCUT2D eigenvalue weighted by Crippen LogP contribution is 1.99. The molecule has 7 heteroatoms. The van der Waals surface area contributed by atoms with Gasteiger partial charge in [0.15, 0.2) is 0 Å². The topological polar surface area (TPSA) is 122 Å². The maximum Gasteiger partial charge on any atom is 0.312 e. The fraction of sp³-hybridized carbons (Fsp3) is 0.667. The zero-order chi connectivity index (χ0) is 12.7. The van der Waals surface area contributed by atoms with Gasteiger partial charge in [0.1, 0.15) is 6.04 Å². The van der Waals surface area contributed by atoms with Gasteiger partial charge >= 0.3 is 12.0 Å². The van der Waals surface area contributed by atoms with Crippen molar-refractivity contribution in [2.75, 3.05) is 6.54 Å². The molecule has 0 saturated heterocycles. The molecule has 2 atom stereocenters. The molecule has 0 radical (unpaired) electrons. The minimum Gasteiger partial charge on any atom is -0.481 e. The van der Waals surface area contributed by atoms with Crippen LogP contribution in [0.4, 0.5) is 4.79 Å². The standard InChI is InChI=1S/C9H17N3O4/c1-5(3-7(13)14)4-11-8(15)6(2)12-9(10)16/h5-6H,3-4H2,1-2H3,(H,11,15)(H,13,14)(H3,10,12,16). The molecule has 0 aliphatic heterocycles. The number of rotatable bonds is 6. The maximum atomic E-state index is 11.3. The van der Waals surface area contributed by atoms with Gasteiger partial charge in [-0.25, -0.2) is 4.79 Å². The monoisotopic (exact) mass is 231 g/mol. The zero-order valence-corrected chi connectivity index (χ0v) is 9.32. The predicted molar refractivity (Wildman–Crippen MR) is 56.6 cm³/mol. The van der Waals surface area contributed by atoms with Gasteiger partial charge in [0, 0.05) is 13.0 Å². The van der Waals surface area contributed by atoms with Crippen LogP contribution in [-0.2, 0) is 9.59 Å². The Hall–Kier alpha value is -1.79. The maximum absolute atomic E-state index is 11.3. The lowest BCUT2D eigenvalue weighted by Crippen LogP contribution is -2.47. The van der Waals surface area contributed by atoms with Crippen molar-refractivity contribution < 1.29 is 19.5 Å². The fourth-order valence-electron chi connectivity index (χ4n) is 1.08. The number of aliphatic carboxylic acids is 1. The summed E-state index contributed by atoms with van der Waals surface area (Å²) in [5.74, 6) is -1.47. The molecule has 0 aliphatic rings. The molecule has 0 bridgehead atoms. The highest BCUT2D eigenvalue weighted by atomic mass is 16.4. The summed E-state index contributed by atoms with van der Waals surface area (Å²) in [5, 5.41) is 13.2. The summed E-state index contributed by atoms with van der Waals surface area (Å²) in [4.78, 5) is 32.1. The number of nitrogens with one attached hydrogen (secondary N) is 2. The molecule has 0 aromatic rings. The van der Waals surface area contributed by atoms with Crippen molar-refractivity contribution >= 4 is 17.9 Å². The summed E-state index contributed by atoms with van der Waals surface area (Å²) < 4.78 is 0. The smallest absolute Gasteiger partial charge is 0.312 e. The first-order valence-corrected chi connectivity index (χ1v) is 4.88. The lowest BCUT2D eigenvalue weighted by Gasteiger charge is -2.14. The van der Waals surface area contributed by atoms with Crippen molar-refractivity contribution in [3.8, 4) is 0 Å². The summed E-state index contributed by atoms with van der Waals surface area (Å²) in [6.07, 6.45) is -0.0160. The lowest BCUT2D eigenvalue weighted by atomic mass is 10.1. The number of primary amides is 1. The Morgan fingerprint density at radius 3 is 2.31 bits per heavy atom. The molecule has 7 nitrogen and oxygen atoms in total. The van der Waals surface area contributed by atoms with E-state index in [1.807, 2.05) is 0 Å². The molecule has 0 aromatic carbocycles. The molecule has 0 aliphatic carbocycles. The highest BCUT2D eigenvalue weighted by Gasteiger charge is 2.15. The number of carboxylic acids is 1. The normalized spacial score (nSPS) is 13.6. The van der Waals surface area contributed by atoms with Crippen molar-refractivity contribution in [1.29, 1.82) is 0 Å². The Kier molecular flexibility index (Phi) is 5.91. The quantitative estimate of drug-likeness (QED) is 0.481. The number of carboxylic acid groups (broad SMARTS) is 1. The molecule has 92 valence electrons. The number of amides is 3. The van der Waals surface area contributed by atoms with Gasteiger partial charge in [-0.05, 0) is 12.8 Å². The van der Waals surface area contributed by atoms with E-state index >= 15 is 0 Å². The second kappa shape index (κ2) is 6.65. The lowest BCUT2D eigenvalue weighted by molar-refractivity contribution is -0.138. The summed E-state index contributed by atoms with van der Waals surface area (Å²) in [6, 6.07) is -1.50. The first-order valence-electron chi connectivity index (χ1n) is 4.88. The Morgan fingerprint density at radius 1 is 1.31 bits per heavy atom. The Morgan fingerprint density at radius 2 is 1.88 bits per heavy atom. The molecule has 2 unspecified atom stereocenters. The van der Waals surface area contributed by atoms with E-state index in [0.717, 1.165) is 0 Å². The van der Waals surface area contributed by atoms with Crippen LogP contribution in [0.3, 0.4) is 0 Å². The molecule has 5 N–H and O–H groups in total. The van der Waals surface area contributed by atoms with Crippen molar-refractivity contribution in [1.82, 2.24) is 10.6 Å². The van der Waals surface area contributed by atoms with E-state index in [4.69, 9.17) is 10.8 Å². The van der Waals surface area contributed by atoms with Crippen molar-refractivity contribution in [2.45, 2.75) is 26.3 Å². The van der Waals surface area contributed by atoms with Crippen LogP contribution < -0.4 is 16.4 Å². The van der Waals surface area contributed by atoms with Crippen LogP contribution >= 0.6 is 0 Å². The molecule has 0 fully saturated rings. The molecule has 3 amide bonds. The van der Waals surface area contributed by atoms with Gasteiger partial charge in [-0.3, -0.25) is 9.59 Å². The summed E-state index contributed by atoms with van der Waals surface area (Å²) in [7, 11) is 0. The largest absolute Gasteiger partial charge is 0.481 e. The Balaban J connectivity index is 3.88. The summed E-state index contributed by atoms with van der Waals surface area (Å²) >= 11 is 0. The van der Waals surface area contributed by atoms with E-state index in [2.05, 4.69) is 10.6 Å². The van der Waals surface area contributed by atoms with Gasteiger partial charge in [-0.1, -0.05) is 6.92 Å². The molecule has 0 aromatic heterocycles. The van der Waals surface area contributed by atoms with Crippen molar-refractivity contribution in [3.63, 3.8) is 0 Å². The Bertz CT molecular complexity index is 280. The molecule has 0 saturated carbocycles. The first-order chi connectivity index (χ1) is 7.32. The van der Waals surface area contributed by atoms with Crippen LogP contribution in [0.15, 0.2) is 0 Å². The third kappa shape index (κ3) is 6.63. The molecular formula is C9H17N3O4. The van der Waals surface area contributed by atoms with Gasteiger partial charge in [-0.15, -0.1) is 0 Å². The molecule has 16 heavy (non-hydrogen) atoms. The number of nitrogens with two attached hydrogens (primary N) is 1. The second-order valence-corrected chi connectivity index (χ2v) is 3.68. The second-order valence-electron chi connectivity index (χ2n) is 3.68. The van der Waals surface area contributed by atoms with Gasteiger partial charge in [0.25, 0.3) is 0 Å². The van der Waals surface area contributed by atoms with E-state index in [1.165, 1.54) is 6.92 Å². The fourth-order valence-corrected chi connectivity index (χ4v) is 1.08. The summed E-state index contributed by atoms with van der Waals surface area (Å²) in [5.41, 5.74) is 4.85. The number of hydrogen-bond acceptors (Lipinski definition) is 3. The van der Waals surface area contributed by atoms with E-state index in [9.17, 15) is 14.4 Å². The van der Waals surface area contributed by atoms with E-state index in [0.29, 0.717) is 0 Å². The van der Waals surface area contributed by atoms with Crippen LogP contribution in [0, 0.1) is 5.92 Å². The van der Waals surface area contributed by atoms with Crippen LogP contribution in [-0.4, -0.2) is 35.6 Å². The Labute approximate surface area is 93.4 Å². The van der Waals surface area contributed by atoms with Gasteiger partial charge < -0.3 is 21.5 Å². The molecular weight excluding hydrogens is 214 g/mol. The number of hydrogen-bond donors (Lipinski definition) is 4. The minimum atomic E-state index is -0.912. The van der Waals surface area contributed by atoms with Crippen LogP contribution in [0.1, 0.15) is 20.3 Å². The van der Waals surface area contributed by atoms with Gasteiger partial charge in [-0.2, -0.15) is 0 Å².